The molecular weight excluding hydrogens is 328 g/mol. The zero-order valence-electron chi connectivity index (χ0n) is 9.63. The third kappa shape index (κ3) is 2.39. The van der Waals surface area contributed by atoms with E-state index in [1.165, 1.54) is 0 Å². The van der Waals surface area contributed by atoms with Crippen LogP contribution in [-0.4, -0.2) is 16.0 Å². The SMILES string of the molecule is O=C1Nc2cc(Sc3ccncc3)c(Br)cc2C1O. The van der Waals surface area contributed by atoms with E-state index < -0.39 is 6.10 Å². The molecule has 0 radical (unpaired) electrons. The van der Waals surface area contributed by atoms with Crippen LogP contribution in [0.3, 0.4) is 0 Å². The predicted octanol–water partition coefficient (Wildman–Crippen LogP) is 2.98. The molecule has 1 amide bonds. The molecule has 1 aliphatic heterocycles. The lowest BCUT2D eigenvalue weighted by molar-refractivity contribution is -0.123. The van der Waals surface area contributed by atoms with Crippen LogP contribution in [0.15, 0.2) is 50.9 Å². The summed E-state index contributed by atoms with van der Waals surface area (Å²) in [5.41, 5.74) is 1.27. The number of hydrogen-bond acceptors (Lipinski definition) is 4. The molecule has 0 saturated carbocycles. The average molecular weight is 337 g/mol. The molecule has 19 heavy (non-hydrogen) atoms. The van der Waals surface area contributed by atoms with E-state index >= 15 is 0 Å². The first-order valence-corrected chi connectivity index (χ1v) is 7.16. The van der Waals surface area contributed by atoms with E-state index in [2.05, 4.69) is 26.2 Å². The Bertz CT molecular complexity index is 649. The second-order valence-electron chi connectivity index (χ2n) is 4.05. The van der Waals surface area contributed by atoms with E-state index in [4.69, 9.17) is 0 Å². The van der Waals surface area contributed by atoms with Crippen LogP contribution in [0, 0.1) is 0 Å². The number of amides is 1. The highest BCUT2D eigenvalue weighted by atomic mass is 79.9. The molecule has 0 saturated heterocycles. The van der Waals surface area contributed by atoms with Crippen LogP contribution in [0.25, 0.3) is 0 Å². The Morgan fingerprint density at radius 2 is 2.05 bits per heavy atom. The summed E-state index contributed by atoms with van der Waals surface area (Å²) in [5, 5.41) is 12.4. The molecule has 96 valence electrons. The van der Waals surface area contributed by atoms with Crippen molar-refractivity contribution in [2.45, 2.75) is 15.9 Å². The van der Waals surface area contributed by atoms with Crippen LogP contribution >= 0.6 is 27.7 Å². The quantitative estimate of drug-likeness (QED) is 0.884. The van der Waals surface area contributed by atoms with Gasteiger partial charge in [-0.2, -0.15) is 0 Å². The van der Waals surface area contributed by atoms with Gasteiger partial charge in [0, 0.05) is 37.9 Å². The van der Waals surface area contributed by atoms with Crippen molar-refractivity contribution in [1.82, 2.24) is 4.98 Å². The number of aromatic nitrogens is 1. The number of carbonyl (C=O) groups excluding carboxylic acids is 1. The van der Waals surface area contributed by atoms with E-state index in [1.807, 2.05) is 18.2 Å². The Hall–Kier alpha value is -1.37. The van der Waals surface area contributed by atoms with Crippen molar-refractivity contribution in [3.05, 3.63) is 46.7 Å². The van der Waals surface area contributed by atoms with Gasteiger partial charge in [-0.15, -0.1) is 0 Å². The first-order valence-electron chi connectivity index (χ1n) is 5.55. The highest BCUT2D eigenvalue weighted by Crippen LogP contribution is 2.41. The van der Waals surface area contributed by atoms with Gasteiger partial charge in [0.2, 0.25) is 0 Å². The van der Waals surface area contributed by atoms with Crippen LogP contribution in [-0.2, 0) is 4.79 Å². The van der Waals surface area contributed by atoms with Gasteiger partial charge in [-0.05, 0) is 40.2 Å². The van der Waals surface area contributed by atoms with Crippen molar-refractivity contribution < 1.29 is 9.90 Å². The largest absolute Gasteiger partial charge is 0.378 e. The van der Waals surface area contributed by atoms with E-state index in [9.17, 15) is 9.90 Å². The lowest BCUT2D eigenvalue weighted by Gasteiger charge is -2.08. The van der Waals surface area contributed by atoms with Crippen LogP contribution in [0.2, 0.25) is 0 Å². The fraction of sp³-hybridized carbons (Fsp3) is 0.0769. The number of aliphatic hydroxyl groups is 1. The smallest absolute Gasteiger partial charge is 0.257 e. The van der Waals surface area contributed by atoms with Crippen molar-refractivity contribution in [3.63, 3.8) is 0 Å². The molecule has 0 bridgehead atoms. The molecule has 1 aromatic heterocycles. The Morgan fingerprint density at radius 1 is 1.32 bits per heavy atom. The maximum absolute atomic E-state index is 11.4. The molecule has 0 spiro atoms. The van der Waals surface area contributed by atoms with Crippen LogP contribution in [0.4, 0.5) is 5.69 Å². The predicted molar refractivity (Wildman–Crippen MR) is 76.1 cm³/mol. The summed E-state index contributed by atoms with van der Waals surface area (Å²) in [6.07, 6.45) is 2.39. The van der Waals surface area contributed by atoms with Gasteiger partial charge >= 0.3 is 0 Å². The van der Waals surface area contributed by atoms with Crippen molar-refractivity contribution in [3.8, 4) is 0 Å². The Kier molecular flexibility index (Phi) is 3.30. The molecule has 4 nitrogen and oxygen atoms in total. The number of halogens is 1. The second kappa shape index (κ2) is 4.96. The van der Waals surface area contributed by atoms with Crippen LogP contribution < -0.4 is 5.32 Å². The van der Waals surface area contributed by atoms with E-state index in [0.29, 0.717) is 11.3 Å². The van der Waals surface area contributed by atoms with E-state index in [0.717, 1.165) is 14.3 Å². The number of fused-ring (bicyclic) bond motifs is 1. The van der Waals surface area contributed by atoms with Gasteiger partial charge in [-0.25, -0.2) is 0 Å². The summed E-state index contributed by atoms with van der Waals surface area (Å²) in [7, 11) is 0. The summed E-state index contributed by atoms with van der Waals surface area (Å²) < 4.78 is 0.851. The fourth-order valence-corrected chi connectivity index (χ4v) is 3.31. The molecule has 1 unspecified atom stereocenters. The first-order chi connectivity index (χ1) is 9.15. The van der Waals surface area contributed by atoms with Gasteiger partial charge in [0.05, 0.1) is 0 Å². The van der Waals surface area contributed by atoms with Gasteiger partial charge in [-0.1, -0.05) is 11.8 Å². The summed E-state index contributed by atoms with van der Waals surface area (Å²) in [4.78, 5) is 17.4. The molecule has 1 aliphatic rings. The molecule has 2 heterocycles. The van der Waals surface area contributed by atoms with Crippen molar-refractivity contribution in [2.75, 3.05) is 5.32 Å². The molecule has 3 rings (SSSR count). The molecule has 2 N–H and O–H groups in total. The van der Waals surface area contributed by atoms with Crippen molar-refractivity contribution in [1.29, 1.82) is 0 Å². The third-order valence-corrected chi connectivity index (χ3v) is 4.77. The average Bonchev–Trinajstić information content (AvgIpc) is 2.67. The number of nitrogens with one attached hydrogen (secondary N) is 1. The number of pyridine rings is 1. The maximum atomic E-state index is 11.4. The summed E-state index contributed by atoms with van der Waals surface area (Å²) in [5.74, 6) is -0.382. The highest BCUT2D eigenvalue weighted by molar-refractivity contribution is 9.10. The second-order valence-corrected chi connectivity index (χ2v) is 6.02. The number of benzene rings is 1. The highest BCUT2D eigenvalue weighted by Gasteiger charge is 2.29. The minimum Gasteiger partial charge on any atom is -0.378 e. The molecule has 2 aromatic rings. The normalized spacial score (nSPS) is 17.2. The molecule has 1 atom stereocenters. The van der Waals surface area contributed by atoms with Crippen molar-refractivity contribution >= 4 is 39.3 Å². The Morgan fingerprint density at radius 3 is 2.79 bits per heavy atom. The van der Waals surface area contributed by atoms with Gasteiger partial charge in [0.15, 0.2) is 6.10 Å². The first kappa shape index (κ1) is 12.7. The number of nitrogens with zero attached hydrogens (tertiary/aromatic N) is 1. The topological polar surface area (TPSA) is 62.2 Å². The fourth-order valence-electron chi connectivity index (χ4n) is 1.86. The van der Waals surface area contributed by atoms with Gasteiger partial charge < -0.3 is 10.4 Å². The lowest BCUT2D eigenvalue weighted by atomic mass is 10.1. The number of aliphatic hydroxyl groups excluding tert-OH is 1. The van der Waals surface area contributed by atoms with Crippen LogP contribution in [0.1, 0.15) is 11.7 Å². The van der Waals surface area contributed by atoms with Gasteiger partial charge in [-0.3, -0.25) is 9.78 Å². The van der Waals surface area contributed by atoms with Gasteiger partial charge in [0.25, 0.3) is 5.91 Å². The monoisotopic (exact) mass is 336 g/mol. The minimum atomic E-state index is -1.08. The van der Waals surface area contributed by atoms with E-state index in [1.54, 1.807) is 30.2 Å². The van der Waals surface area contributed by atoms with E-state index in [-0.39, 0.29) is 5.91 Å². The molecule has 6 heteroatoms. The molecular formula is C13H9BrN2O2S. The number of hydrogen-bond donors (Lipinski definition) is 2. The summed E-state index contributed by atoms with van der Waals surface area (Å²) in [6.45, 7) is 0. The zero-order chi connectivity index (χ0) is 13.4. The Balaban J connectivity index is 1.97. The molecule has 1 aromatic carbocycles. The number of rotatable bonds is 2. The summed E-state index contributed by atoms with van der Waals surface area (Å²) >= 11 is 5.03. The van der Waals surface area contributed by atoms with Gasteiger partial charge in [0.1, 0.15) is 0 Å². The number of carbonyl (C=O) groups is 1. The van der Waals surface area contributed by atoms with Crippen LogP contribution in [0.5, 0.6) is 0 Å². The summed E-state index contributed by atoms with van der Waals surface area (Å²) in [6, 6.07) is 7.47. The minimum absolute atomic E-state index is 0.382. The standard InChI is InChI=1S/C13H9BrN2O2S/c14-9-5-8-10(16-13(18)12(8)17)6-11(9)19-7-1-3-15-4-2-7/h1-6,12,17H,(H,16,18). The van der Waals surface area contributed by atoms with Crippen molar-refractivity contribution in [2.24, 2.45) is 0 Å². The Labute approximate surface area is 122 Å². The third-order valence-electron chi connectivity index (χ3n) is 2.78. The molecule has 0 aliphatic carbocycles. The zero-order valence-corrected chi connectivity index (χ0v) is 12.0. The number of anilines is 1. The lowest BCUT2D eigenvalue weighted by Crippen LogP contribution is -2.10. The molecule has 0 fully saturated rings. The maximum Gasteiger partial charge on any atom is 0.257 e.